The average molecular weight is 633 g/mol. The molecule has 2 aromatic carbocycles. The second-order valence-corrected chi connectivity index (χ2v) is 13.3. The summed E-state index contributed by atoms with van der Waals surface area (Å²) < 4.78 is 14.6. The van der Waals surface area contributed by atoms with Gasteiger partial charge in [-0.3, -0.25) is 0 Å². The highest BCUT2D eigenvalue weighted by Crippen LogP contribution is 2.42. The van der Waals surface area contributed by atoms with Crippen LogP contribution in [-0.2, 0) is 9.47 Å². The Morgan fingerprint density at radius 2 is 1.35 bits per heavy atom. The van der Waals surface area contributed by atoms with Crippen LogP contribution in [0.2, 0.25) is 0 Å². The van der Waals surface area contributed by atoms with Crippen LogP contribution < -0.4 is 0 Å². The molecule has 0 amide bonds. The van der Waals surface area contributed by atoms with Crippen LogP contribution >= 0.6 is 22.7 Å². The third kappa shape index (κ3) is 5.25. The van der Waals surface area contributed by atoms with Crippen LogP contribution in [-0.4, -0.2) is 10.6 Å². The predicted molar refractivity (Wildman–Crippen MR) is 185 cm³/mol. The third-order valence-electron chi connectivity index (χ3n) is 7.70. The number of allylic oxidation sites excluding steroid dienone is 5. The second-order valence-electron chi connectivity index (χ2n) is 11.2. The van der Waals surface area contributed by atoms with Gasteiger partial charge < -0.3 is 14.5 Å². The molecule has 5 aromatic rings. The highest BCUT2D eigenvalue weighted by Gasteiger charge is 2.38. The number of H-pyrrole nitrogens is 1. The summed E-state index contributed by atoms with van der Waals surface area (Å²) in [6.07, 6.45) is 10.1. The maximum atomic E-state index is 9.85. The maximum absolute atomic E-state index is 9.85. The molecule has 0 aliphatic carbocycles. The lowest BCUT2D eigenvalue weighted by atomic mass is 9.94. The molecule has 0 fully saturated rings. The van der Waals surface area contributed by atoms with E-state index in [0.717, 1.165) is 53.7 Å². The van der Waals surface area contributed by atoms with Gasteiger partial charge in [0.05, 0.1) is 20.4 Å². The lowest BCUT2D eigenvalue weighted by Crippen LogP contribution is -2.20. The molecule has 0 unspecified atom stereocenters. The Morgan fingerprint density at radius 3 is 1.91 bits per heavy atom. The van der Waals surface area contributed by atoms with Crippen molar-refractivity contribution in [1.29, 1.82) is 15.8 Å². The van der Waals surface area contributed by atoms with E-state index in [2.05, 4.69) is 65.7 Å². The summed E-state index contributed by atoms with van der Waals surface area (Å²) in [5.41, 5.74) is 4.98. The minimum Gasteiger partial charge on any atom is -0.480 e. The van der Waals surface area contributed by atoms with Gasteiger partial charge in [-0.1, -0.05) is 66.7 Å². The number of ether oxygens (including phenoxy) is 2. The molecule has 2 aliphatic rings. The van der Waals surface area contributed by atoms with Crippen molar-refractivity contribution < 1.29 is 9.47 Å². The van der Waals surface area contributed by atoms with Crippen LogP contribution in [0.5, 0.6) is 0 Å². The van der Waals surface area contributed by atoms with Gasteiger partial charge in [0, 0.05) is 26.5 Å². The topological polar surface area (TPSA) is 106 Å². The summed E-state index contributed by atoms with van der Waals surface area (Å²) in [5, 5.41) is 28.5. The maximum Gasteiger partial charge on any atom is 0.172 e. The molecule has 0 bridgehead atoms. The Kier molecular flexibility index (Phi) is 7.27. The molecule has 6 nitrogen and oxygen atoms in total. The molecule has 46 heavy (non-hydrogen) atoms. The van der Waals surface area contributed by atoms with Crippen molar-refractivity contribution in [3.05, 3.63) is 140 Å². The Labute approximate surface area is 273 Å². The van der Waals surface area contributed by atoms with E-state index in [1.807, 2.05) is 74.5 Å². The van der Waals surface area contributed by atoms with E-state index in [4.69, 9.17) is 9.47 Å². The first-order valence-electron chi connectivity index (χ1n) is 14.4. The van der Waals surface area contributed by atoms with Crippen LogP contribution in [0.1, 0.15) is 34.7 Å². The van der Waals surface area contributed by atoms with Gasteiger partial charge in [0.15, 0.2) is 11.3 Å². The van der Waals surface area contributed by atoms with Crippen LogP contribution in [0.4, 0.5) is 0 Å². The minimum atomic E-state index is -0.856. The van der Waals surface area contributed by atoms with Gasteiger partial charge in [0.25, 0.3) is 0 Å². The van der Waals surface area contributed by atoms with Gasteiger partial charge in [-0.2, -0.15) is 15.8 Å². The SMILES string of the molecule is CC1(C)OC(=C(C#N)C#N)C(C#N)=C1/C=C/c1cc2[nH]c3cc(C=C4C=C(c5ccccc5)OC(c5ccccc5)=C4)sc3c2s1. The molecular formula is C38H24N4O2S2. The standard InChI is InChI=1S/C38H24N4O2S2/c1-38(2)30(29(22-41)35(44-38)26(20-39)21-40)14-13-27-18-31-36(45-27)37-32(42-31)19-28(46-37)15-23-16-33(24-9-5-3-6-10-24)43-34(17-23)25-11-7-4-8-12-25/h3-19,42H,1-2H3/b14-13+. The van der Waals surface area contributed by atoms with Crippen LogP contribution in [0.15, 0.2) is 119 Å². The fraction of sp³-hybridized carbons (Fsp3) is 0.0789. The lowest BCUT2D eigenvalue weighted by Gasteiger charge is -2.20. The summed E-state index contributed by atoms with van der Waals surface area (Å²) in [6, 6.07) is 30.3. The zero-order valence-corrected chi connectivity index (χ0v) is 26.4. The second kappa shape index (κ2) is 11.6. The monoisotopic (exact) mass is 632 g/mol. The molecule has 220 valence electrons. The smallest absolute Gasteiger partial charge is 0.172 e. The molecule has 3 aromatic heterocycles. The fourth-order valence-electron chi connectivity index (χ4n) is 5.55. The molecule has 0 spiro atoms. The summed E-state index contributed by atoms with van der Waals surface area (Å²) >= 11 is 3.39. The fourth-order valence-corrected chi connectivity index (χ4v) is 7.80. The predicted octanol–water partition coefficient (Wildman–Crippen LogP) is 9.88. The third-order valence-corrected chi connectivity index (χ3v) is 10.0. The first-order valence-corrected chi connectivity index (χ1v) is 16.1. The van der Waals surface area contributed by atoms with Crippen molar-refractivity contribution in [2.45, 2.75) is 19.4 Å². The lowest BCUT2D eigenvalue weighted by molar-refractivity contribution is 0.0954. The molecule has 2 aliphatic heterocycles. The van der Waals surface area contributed by atoms with E-state index in [9.17, 15) is 15.8 Å². The van der Waals surface area contributed by atoms with E-state index in [1.54, 1.807) is 22.7 Å². The average Bonchev–Trinajstić information content (AvgIpc) is 3.79. The highest BCUT2D eigenvalue weighted by molar-refractivity contribution is 7.28. The number of hydrogen-bond acceptors (Lipinski definition) is 7. The van der Waals surface area contributed by atoms with Crippen LogP contribution in [0.3, 0.4) is 0 Å². The van der Waals surface area contributed by atoms with E-state index in [0.29, 0.717) is 5.57 Å². The highest BCUT2D eigenvalue weighted by atomic mass is 32.1. The van der Waals surface area contributed by atoms with Gasteiger partial charge in [-0.05, 0) is 55.9 Å². The van der Waals surface area contributed by atoms with Crippen molar-refractivity contribution in [2.24, 2.45) is 0 Å². The van der Waals surface area contributed by atoms with Gasteiger partial charge in [-0.15, -0.1) is 22.7 Å². The molecule has 5 heterocycles. The van der Waals surface area contributed by atoms with E-state index < -0.39 is 5.60 Å². The number of thiophene rings is 2. The molecule has 0 radical (unpaired) electrons. The van der Waals surface area contributed by atoms with E-state index in [1.165, 1.54) is 4.70 Å². The Bertz CT molecular complexity index is 2280. The number of nitrogens with one attached hydrogen (secondary N) is 1. The van der Waals surface area contributed by atoms with Gasteiger partial charge in [0.1, 0.15) is 40.9 Å². The zero-order chi connectivity index (χ0) is 31.8. The van der Waals surface area contributed by atoms with E-state index in [-0.39, 0.29) is 16.9 Å². The van der Waals surface area contributed by atoms with Gasteiger partial charge in [0.2, 0.25) is 0 Å². The summed E-state index contributed by atoms with van der Waals surface area (Å²) in [5.74, 6) is 1.65. The molecule has 0 saturated carbocycles. The number of hydrogen-bond donors (Lipinski definition) is 1. The molecule has 0 saturated heterocycles. The normalized spacial score (nSPS) is 15.6. The number of aromatic amines is 1. The number of nitriles is 3. The number of fused-ring (bicyclic) bond motifs is 3. The molecule has 1 N–H and O–H groups in total. The van der Waals surface area contributed by atoms with Gasteiger partial charge in [-0.25, -0.2) is 0 Å². The Morgan fingerprint density at radius 1 is 0.783 bits per heavy atom. The van der Waals surface area contributed by atoms with Crippen LogP contribution in [0, 0.1) is 34.0 Å². The van der Waals surface area contributed by atoms with E-state index >= 15 is 0 Å². The number of aromatic nitrogens is 1. The van der Waals surface area contributed by atoms with Crippen molar-refractivity contribution in [1.82, 2.24) is 4.98 Å². The minimum absolute atomic E-state index is 0.0402. The molecule has 0 atom stereocenters. The summed E-state index contributed by atoms with van der Waals surface area (Å²) in [6.45, 7) is 3.64. The van der Waals surface area contributed by atoms with Crippen LogP contribution in [0.25, 0.3) is 44.1 Å². The number of nitrogens with zero attached hydrogens (tertiary/aromatic N) is 3. The summed E-state index contributed by atoms with van der Waals surface area (Å²) in [4.78, 5) is 5.69. The zero-order valence-electron chi connectivity index (χ0n) is 24.8. The number of rotatable bonds is 5. The Balaban J connectivity index is 1.23. The molecule has 7 rings (SSSR count). The number of benzene rings is 2. The largest absolute Gasteiger partial charge is 0.480 e. The molecular weight excluding hydrogens is 609 g/mol. The quantitative estimate of drug-likeness (QED) is 0.194. The van der Waals surface area contributed by atoms with Crippen molar-refractivity contribution in [2.75, 3.05) is 0 Å². The van der Waals surface area contributed by atoms with Crippen molar-refractivity contribution in [3.8, 4) is 18.2 Å². The van der Waals surface area contributed by atoms with Gasteiger partial charge >= 0.3 is 0 Å². The van der Waals surface area contributed by atoms with Crippen molar-refractivity contribution in [3.63, 3.8) is 0 Å². The molecule has 8 heteroatoms. The van der Waals surface area contributed by atoms with Crippen molar-refractivity contribution >= 4 is 66.8 Å². The first kappa shape index (κ1) is 28.9. The summed E-state index contributed by atoms with van der Waals surface area (Å²) in [7, 11) is 0. The Hall–Kier alpha value is -5.85. The first-order chi connectivity index (χ1) is 22.4.